The molecule has 0 fully saturated rings. The summed E-state index contributed by atoms with van der Waals surface area (Å²) in [5.74, 6) is 0. The topological polar surface area (TPSA) is 45.6 Å². The van der Waals surface area contributed by atoms with Gasteiger partial charge < -0.3 is 9.88 Å². The van der Waals surface area contributed by atoms with Crippen molar-refractivity contribution in [2.45, 2.75) is 13.1 Å². The number of hydrogen-bond donors (Lipinski definition) is 2. The fraction of sp³-hybridized carbons (Fsp3) is 0.300. The van der Waals surface area contributed by atoms with Gasteiger partial charge in [-0.3, -0.25) is 5.10 Å². The SMILES string of the molecule is Cn1cc(Cl)cc1CNCc1ccn[nH]1. The molecule has 0 saturated heterocycles. The zero-order valence-corrected chi connectivity index (χ0v) is 9.25. The molecular weight excluding hydrogens is 212 g/mol. The number of halogens is 1. The van der Waals surface area contributed by atoms with Crippen molar-refractivity contribution < 1.29 is 0 Å². The van der Waals surface area contributed by atoms with Crippen LogP contribution in [0.3, 0.4) is 0 Å². The van der Waals surface area contributed by atoms with Crippen LogP contribution in [0.2, 0.25) is 5.02 Å². The summed E-state index contributed by atoms with van der Waals surface area (Å²) in [7, 11) is 1.99. The summed E-state index contributed by atoms with van der Waals surface area (Å²) in [5, 5.41) is 10.9. The molecule has 2 rings (SSSR count). The van der Waals surface area contributed by atoms with Crippen molar-refractivity contribution in [2.24, 2.45) is 7.05 Å². The van der Waals surface area contributed by atoms with Gasteiger partial charge in [0.05, 0.1) is 5.02 Å². The molecule has 2 aromatic heterocycles. The second-order valence-electron chi connectivity index (χ2n) is 3.45. The Labute approximate surface area is 93.3 Å². The molecule has 0 aromatic carbocycles. The van der Waals surface area contributed by atoms with Crippen LogP contribution in [0.1, 0.15) is 11.4 Å². The monoisotopic (exact) mass is 224 g/mol. The van der Waals surface area contributed by atoms with E-state index in [4.69, 9.17) is 11.6 Å². The molecule has 0 aliphatic carbocycles. The fourth-order valence-electron chi connectivity index (χ4n) is 1.45. The third-order valence-electron chi connectivity index (χ3n) is 2.25. The number of rotatable bonds is 4. The maximum absolute atomic E-state index is 5.88. The van der Waals surface area contributed by atoms with Gasteiger partial charge in [-0.15, -0.1) is 0 Å². The van der Waals surface area contributed by atoms with E-state index in [1.54, 1.807) is 6.20 Å². The van der Waals surface area contributed by atoms with Crippen LogP contribution >= 0.6 is 11.6 Å². The van der Waals surface area contributed by atoms with E-state index < -0.39 is 0 Å². The van der Waals surface area contributed by atoms with Gasteiger partial charge in [-0.1, -0.05) is 11.6 Å². The lowest BCUT2D eigenvalue weighted by Crippen LogP contribution is -2.14. The lowest BCUT2D eigenvalue weighted by molar-refractivity contribution is 0.644. The van der Waals surface area contributed by atoms with Crippen molar-refractivity contribution in [3.8, 4) is 0 Å². The average molecular weight is 225 g/mol. The highest BCUT2D eigenvalue weighted by Crippen LogP contribution is 2.12. The molecule has 0 amide bonds. The Bertz CT molecular complexity index is 419. The van der Waals surface area contributed by atoms with Gasteiger partial charge in [0.1, 0.15) is 0 Å². The molecule has 0 aliphatic rings. The highest BCUT2D eigenvalue weighted by molar-refractivity contribution is 6.30. The van der Waals surface area contributed by atoms with Crippen LogP contribution in [-0.2, 0) is 20.1 Å². The van der Waals surface area contributed by atoms with Gasteiger partial charge in [-0.05, 0) is 12.1 Å². The Morgan fingerprint density at radius 1 is 1.53 bits per heavy atom. The second kappa shape index (κ2) is 4.51. The Morgan fingerprint density at radius 3 is 3.00 bits per heavy atom. The molecule has 0 bridgehead atoms. The number of nitrogens with one attached hydrogen (secondary N) is 2. The average Bonchev–Trinajstić information content (AvgIpc) is 2.77. The van der Waals surface area contributed by atoms with Gasteiger partial charge >= 0.3 is 0 Å². The first-order valence-corrected chi connectivity index (χ1v) is 5.13. The van der Waals surface area contributed by atoms with Crippen molar-refractivity contribution in [1.82, 2.24) is 20.1 Å². The van der Waals surface area contributed by atoms with E-state index in [2.05, 4.69) is 15.5 Å². The van der Waals surface area contributed by atoms with E-state index in [0.29, 0.717) is 0 Å². The van der Waals surface area contributed by atoms with Crippen LogP contribution in [0, 0.1) is 0 Å². The molecule has 2 heterocycles. The van der Waals surface area contributed by atoms with Crippen molar-refractivity contribution in [3.05, 3.63) is 40.9 Å². The van der Waals surface area contributed by atoms with E-state index in [0.717, 1.165) is 23.8 Å². The summed E-state index contributed by atoms with van der Waals surface area (Å²) < 4.78 is 2.02. The Hall–Kier alpha value is -1.26. The van der Waals surface area contributed by atoms with Crippen molar-refractivity contribution in [1.29, 1.82) is 0 Å². The number of nitrogens with zero attached hydrogens (tertiary/aromatic N) is 2. The summed E-state index contributed by atoms with van der Waals surface area (Å²) >= 11 is 5.88. The normalized spacial score (nSPS) is 10.8. The molecule has 0 spiro atoms. The predicted molar refractivity (Wildman–Crippen MR) is 59.6 cm³/mol. The number of aromatic nitrogens is 3. The third kappa shape index (κ3) is 2.61. The number of hydrogen-bond acceptors (Lipinski definition) is 2. The molecule has 0 saturated carbocycles. The maximum atomic E-state index is 5.88. The number of H-pyrrole nitrogens is 1. The highest BCUT2D eigenvalue weighted by atomic mass is 35.5. The van der Waals surface area contributed by atoms with Crippen LogP contribution in [0.5, 0.6) is 0 Å². The van der Waals surface area contributed by atoms with Crippen LogP contribution in [0.15, 0.2) is 24.5 Å². The molecule has 0 unspecified atom stereocenters. The summed E-state index contributed by atoms with van der Waals surface area (Å²) in [6.07, 6.45) is 3.64. The lowest BCUT2D eigenvalue weighted by Gasteiger charge is -2.04. The predicted octanol–water partition coefficient (Wildman–Crippen LogP) is 1.69. The smallest absolute Gasteiger partial charge is 0.0585 e. The third-order valence-corrected chi connectivity index (χ3v) is 2.46. The van der Waals surface area contributed by atoms with Gasteiger partial charge in [0, 0.05) is 43.9 Å². The minimum absolute atomic E-state index is 0.774. The Balaban J connectivity index is 1.86. The first kappa shape index (κ1) is 10.3. The van der Waals surface area contributed by atoms with Gasteiger partial charge in [-0.25, -0.2) is 0 Å². The zero-order chi connectivity index (χ0) is 10.7. The van der Waals surface area contributed by atoms with E-state index in [1.165, 1.54) is 5.69 Å². The molecule has 15 heavy (non-hydrogen) atoms. The molecule has 0 atom stereocenters. The number of aromatic amines is 1. The standard InChI is InChI=1S/C10H13ClN4/c1-15-7-8(11)4-10(15)6-12-5-9-2-3-13-14-9/h2-4,7,12H,5-6H2,1H3,(H,13,14). The first-order valence-electron chi connectivity index (χ1n) is 4.75. The van der Waals surface area contributed by atoms with Crippen molar-refractivity contribution >= 4 is 11.6 Å². The molecule has 0 aliphatic heterocycles. The summed E-state index contributed by atoms with van der Waals surface area (Å²) in [4.78, 5) is 0. The van der Waals surface area contributed by atoms with E-state index >= 15 is 0 Å². The minimum Gasteiger partial charge on any atom is -0.352 e. The molecule has 0 radical (unpaired) electrons. The summed E-state index contributed by atoms with van der Waals surface area (Å²) in [6.45, 7) is 1.57. The molecule has 2 N–H and O–H groups in total. The van der Waals surface area contributed by atoms with Crippen molar-refractivity contribution in [2.75, 3.05) is 0 Å². The molecule has 4 nitrogen and oxygen atoms in total. The quantitative estimate of drug-likeness (QED) is 0.830. The largest absolute Gasteiger partial charge is 0.352 e. The van der Waals surface area contributed by atoms with Gasteiger partial charge in [-0.2, -0.15) is 5.10 Å². The summed E-state index contributed by atoms with van der Waals surface area (Å²) in [5.41, 5.74) is 2.25. The maximum Gasteiger partial charge on any atom is 0.0585 e. The van der Waals surface area contributed by atoms with Crippen LogP contribution in [0.4, 0.5) is 0 Å². The second-order valence-corrected chi connectivity index (χ2v) is 3.88. The van der Waals surface area contributed by atoms with Gasteiger partial charge in [0.25, 0.3) is 0 Å². The minimum atomic E-state index is 0.774. The number of aryl methyl sites for hydroxylation is 1. The molecule has 5 heteroatoms. The van der Waals surface area contributed by atoms with E-state index in [9.17, 15) is 0 Å². The van der Waals surface area contributed by atoms with E-state index in [1.807, 2.05) is 29.9 Å². The molecular formula is C10H13ClN4. The molecule has 80 valence electrons. The molecule has 2 aromatic rings. The van der Waals surface area contributed by atoms with Gasteiger partial charge in [0.2, 0.25) is 0 Å². The lowest BCUT2D eigenvalue weighted by atomic mass is 10.4. The highest BCUT2D eigenvalue weighted by Gasteiger charge is 2.00. The van der Waals surface area contributed by atoms with Gasteiger partial charge in [0.15, 0.2) is 0 Å². The fourth-order valence-corrected chi connectivity index (χ4v) is 1.72. The zero-order valence-electron chi connectivity index (χ0n) is 8.50. The first-order chi connectivity index (χ1) is 7.25. The Morgan fingerprint density at radius 2 is 2.40 bits per heavy atom. The Kier molecular flexibility index (Phi) is 3.08. The van der Waals surface area contributed by atoms with Crippen molar-refractivity contribution in [3.63, 3.8) is 0 Å². The van der Waals surface area contributed by atoms with Crippen LogP contribution in [-0.4, -0.2) is 14.8 Å². The van der Waals surface area contributed by atoms with E-state index in [-0.39, 0.29) is 0 Å². The van der Waals surface area contributed by atoms with Crippen LogP contribution < -0.4 is 5.32 Å². The summed E-state index contributed by atoms with van der Waals surface area (Å²) in [6, 6.07) is 3.91. The van der Waals surface area contributed by atoms with Crippen LogP contribution in [0.25, 0.3) is 0 Å².